The quantitative estimate of drug-likeness (QED) is 0.415. The number of allylic oxidation sites excluding steroid dienone is 2. The largest absolute Gasteiger partial charge is 0.0668 e. The highest BCUT2D eigenvalue weighted by Crippen LogP contribution is 2.65. The molecule has 0 radical (unpaired) electrons. The SMILES string of the molecule is CC(C)[C@@H](C)CC[C@@H](C)[C@H]1CCC2=C3CCC4CCCCC4(C)C3CCC21C. The Morgan fingerprint density at radius 2 is 1.64 bits per heavy atom. The second-order valence-electron chi connectivity index (χ2n) is 12.4. The third kappa shape index (κ3) is 3.33. The van der Waals surface area contributed by atoms with Gasteiger partial charge in [-0.25, -0.2) is 0 Å². The maximum atomic E-state index is 2.70. The van der Waals surface area contributed by atoms with Gasteiger partial charge >= 0.3 is 0 Å². The molecule has 4 aliphatic rings. The number of hydrogen-bond donors (Lipinski definition) is 0. The molecule has 0 heteroatoms. The fraction of sp³-hybridized carbons (Fsp3) is 0.929. The van der Waals surface area contributed by atoms with Crippen molar-refractivity contribution in [3.63, 3.8) is 0 Å². The van der Waals surface area contributed by atoms with Crippen LogP contribution in [0.3, 0.4) is 0 Å². The molecule has 0 bridgehead atoms. The second-order valence-corrected chi connectivity index (χ2v) is 12.4. The molecule has 4 aliphatic carbocycles. The number of rotatable bonds is 5. The smallest absolute Gasteiger partial charge is 0.00825 e. The molecule has 0 aliphatic heterocycles. The van der Waals surface area contributed by atoms with E-state index < -0.39 is 0 Å². The van der Waals surface area contributed by atoms with Crippen LogP contribution in [-0.2, 0) is 0 Å². The van der Waals surface area contributed by atoms with Gasteiger partial charge in [-0.1, -0.05) is 78.4 Å². The summed E-state index contributed by atoms with van der Waals surface area (Å²) in [6.07, 6.45) is 17.8. The van der Waals surface area contributed by atoms with Crippen LogP contribution in [0.4, 0.5) is 0 Å². The first kappa shape index (κ1) is 21.0. The third-order valence-electron chi connectivity index (χ3n) is 10.9. The van der Waals surface area contributed by atoms with Gasteiger partial charge in [-0.15, -0.1) is 0 Å². The van der Waals surface area contributed by atoms with E-state index in [9.17, 15) is 0 Å². The minimum Gasteiger partial charge on any atom is -0.0668 e. The molecular formula is C28H48. The Morgan fingerprint density at radius 1 is 0.857 bits per heavy atom. The summed E-state index contributed by atoms with van der Waals surface area (Å²) >= 11 is 0. The van der Waals surface area contributed by atoms with E-state index in [1.807, 2.05) is 11.1 Å². The minimum atomic E-state index is 0.546. The van der Waals surface area contributed by atoms with Crippen molar-refractivity contribution < 1.29 is 0 Å². The van der Waals surface area contributed by atoms with Gasteiger partial charge in [0.25, 0.3) is 0 Å². The molecule has 3 saturated carbocycles. The van der Waals surface area contributed by atoms with Crippen LogP contribution in [0.15, 0.2) is 11.1 Å². The van der Waals surface area contributed by atoms with E-state index in [1.165, 1.54) is 77.0 Å². The van der Waals surface area contributed by atoms with Gasteiger partial charge in [-0.05, 0) is 97.7 Å². The molecule has 7 atom stereocenters. The highest BCUT2D eigenvalue weighted by molar-refractivity contribution is 5.34. The van der Waals surface area contributed by atoms with Crippen LogP contribution in [0.25, 0.3) is 0 Å². The van der Waals surface area contributed by atoms with Gasteiger partial charge in [0.2, 0.25) is 0 Å². The zero-order valence-corrected chi connectivity index (χ0v) is 19.9. The van der Waals surface area contributed by atoms with Crippen molar-refractivity contribution in [2.75, 3.05) is 0 Å². The maximum absolute atomic E-state index is 2.70. The first-order chi connectivity index (χ1) is 13.3. The molecule has 0 saturated heterocycles. The summed E-state index contributed by atoms with van der Waals surface area (Å²) in [4.78, 5) is 0. The average molecular weight is 385 g/mol. The molecular weight excluding hydrogens is 336 g/mol. The Labute approximate surface area is 176 Å². The van der Waals surface area contributed by atoms with Crippen molar-refractivity contribution in [3.8, 4) is 0 Å². The van der Waals surface area contributed by atoms with E-state index in [4.69, 9.17) is 0 Å². The molecule has 0 aromatic rings. The maximum Gasteiger partial charge on any atom is -0.00825 e. The van der Waals surface area contributed by atoms with Crippen molar-refractivity contribution in [1.82, 2.24) is 0 Å². The van der Waals surface area contributed by atoms with Crippen LogP contribution in [0.2, 0.25) is 0 Å². The van der Waals surface area contributed by atoms with Gasteiger partial charge in [0.05, 0.1) is 0 Å². The van der Waals surface area contributed by atoms with Crippen LogP contribution >= 0.6 is 0 Å². The molecule has 0 aromatic heterocycles. The summed E-state index contributed by atoms with van der Waals surface area (Å²) in [5.41, 5.74) is 5.18. The van der Waals surface area contributed by atoms with Crippen molar-refractivity contribution in [2.24, 2.45) is 46.3 Å². The molecule has 3 fully saturated rings. The highest BCUT2D eigenvalue weighted by Gasteiger charge is 2.54. The topological polar surface area (TPSA) is 0 Å². The standard InChI is InChI=1S/C28H48/c1-19(2)20(3)10-11-21(4)24-14-15-25-23-13-12-22-9-7-8-17-27(22,5)26(23)16-18-28(24,25)6/h19-22,24,26H,7-18H2,1-6H3/t20-,21+,22?,24+,26?,27?,28?/m0/s1. The normalized spacial score (nSPS) is 42.8. The molecule has 0 aromatic carbocycles. The molecule has 0 amide bonds. The van der Waals surface area contributed by atoms with Gasteiger partial charge in [0.15, 0.2) is 0 Å². The fourth-order valence-electron chi connectivity index (χ4n) is 8.54. The zero-order valence-electron chi connectivity index (χ0n) is 19.9. The summed E-state index contributed by atoms with van der Waals surface area (Å²) in [5.74, 6) is 5.56. The first-order valence-corrected chi connectivity index (χ1v) is 13.0. The average Bonchev–Trinajstić information content (AvgIpc) is 3.02. The summed E-state index contributed by atoms with van der Waals surface area (Å²) in [6.45, 7) is 15.3. The Morgan fingerprint density at radius 3 is 2.39 bits per heavy atom. The van der Waals surface area contributed by atoms with Crippen molar-refractivity contribution in [2.45, 2.75) is 119 Å². The van der Waals surface area contributed by atoms with Gasteiger partial charge in [-0.3, -0.25) is 0 Å². The monoisotopic (exact) mass is 384 g/mol. The van der Waals surface area contributed by atoms with E-state index in [-0.39, 0.29) is 0 Å². The van der Waals surface area contributed by atoms with Crippen LogP contribution in [0, 0.1) is 46.3 Å². The lowest BCUT2D eigenvalue weighted by Crippen LogP contribution is -2.46. The summed E-state index contributed by atoms with van der Waals surface area (Å²) in [5, 5.41) is 0. The lowest BCUT2D eigenvalue weighted by atomic mass is 9.49. The molecule has 0 N–H and O–H groups in total. The van der Waals surface area contributed by atoms with Crippen LogP contribution in [-0.4, -0.2) is 0 Å². The Balaban J connectivity index is 1.53. The molecule has 0 spiro atoms. The lowest BCUT2D eigenvalue weighted by molar-refractivity contribution is 0.00922. The van der Waals surface area contributed by atoms with E-state index in [2.05, 4.69) is 41.5 Å². The Hall–Kier alpha value is -0.260. The highest BCUT2D eigenvalue weighted by atomic mass is 14.6. The van der Waals surface area contributed by atoms with E-state index in [1.54, 1.807) is 0 Å². The zero-order chi connectivity index (χ0) is 20.1. The Bertz CT molecular complexity index is 597. The van der Waals surface area contributed by atoms with Crippen molar-refractivity contribution in [3.05, 3.63) is 11.1 Å². The summed E-state index contributed by atoms with van der Waals surface area (Å²) in [6, 6.07) is 0. The van der Waals surface area contributed by atoms with E-state index in [0.29, 0.717) is 10.8 Å². The molecule has 28 heavy (non-hydrogen) atoms. The Kier molecular flexibility index (Phi) is 5.83. The molecule has 160 valence electrons. The second kappa shape index (κ2) is 7.77. The predicted molar refractivity (Wildman–Crippen MR) is 122 cm³/mol. The van der Waals surface area contributed by atoms with Crippen molar-refractivity contribution >= 4 is 0 Å². The predicted octanol–water partition coefficient (Wildman–Crippen LogP) is 8.81. The minimum absolute atomic E-state index is 0.546. The van der Waals surface area contributed by atoms with E-state index in [0.717, 1.165) is 35.5 Å². The van der Waals surface area contributed by atoms with Gasteiger partial charge in [0.1, 0.15) is 0 Å². The number of hydrogen-bond acceptors (Lipinski definition) is 0. The summed E-state index contributed by atoms with van der Waals surface area (Å²) in [7, 11) is 0. The molecule has 4 rings (SSSR count). The van der Waals surface area contributed by atoms with Gasteiger partial charge in [0, 0.05) is 0 Å². The van der Waals surface area contributed by atoms with Gasteiger partial charge in [-0.2, -0.15) is 0 Å². The van der Waals surface area contributed by atoms with Crippen LogP contribution in [0.1, 0.15) is 119 Å². The van der Waals surface area contributed by atoms with E-state index >= 15 is 0 Å². The third-order valence-corrected chi connectivity index (χ3v) is 10.9. The summed E-state index contributed by atoms with van der Waals surface area (Å²) < 4.78 is 0. The van der Waals surface area contributed by atoms with Crippen molar-refractivity contribution in [1.29, 1.82) is 0 Å². The molecule has 4 unspecified atom stereocenters. The van der Waals surface area contributed by atoms with Gasteiger partial charge < -0.3 is 0 Å². The van der Waals surface area contributed by atoms with Crippen LogP contribution < -0.4 is 0 Å². The molecule has 0 nitrogen and oxygen atoms in total. The first-order valence-electron chi connectivity index (χ1n) is 13.0. The van der Waals surface area contributed by atoms with Crippen LogP contribution in [0.5, 0.6) is 0 Å². The number of fused-ring (bicyclic) bond motifs is 4. The fourth-order valence-corrected chi connectivity index (χ4v) is 8.54. The molecule has 0 heterocycles. The lowest BCUT2D eigenvalue weighted by Gasteiger charge is -2.56.